The molecular formula is C8H18NO2. The summed E-state index contributed by atoms with van der Waals surface area (Å²) in [4.78, 5) is 4.99. The Hall–Kier alpha value is -0.120. The third kappa shape index (κ3) is 7.78. The molecule has 0 aliphatic carbocycles. The van der Waals surface area contributed by atoms with Gasteiger partial charge in [0.1, 0.15) is 0 Å². The fourth-order valence-electron chi connectivity index (χ4n) is 0.645. The smallest absolute Gasteiger partial charge is 0.176 e. The molecule has 0 heterocycles. The molecule has 1 atom stereocenters. The van der Waals surface area contributed by atoms with Crippen molar-refractivity contribution in [3.8, 4) is 0 Å². The molecule has 0 aromatic heterocycles. The van der Waals surface area contributed by atoms with Gasteiger partial charge in [-0.2, -0.15) is 0 Å². The van der Waals surface area contributed by atoms with Gasteiger partial charge in [-0.3, -0.25) is 4.84 Å². The number of unbranched alkanes of at least 4 members (excludes halogenated alkanes) is 1. The Morgan fingerprint density at radius 2 is 2.09 bits per heavy atom. The molecule has 0 fully saturated rings. The minimum Gasteiger partial charge on any atom is -0.351 e. The first-order valence-corrected chi connectivity index (χ1v) is 4.25. The normalized spacial score (nSPS) is 13.4. The van der Waals surface area contributed by atoms with Gasteiger partial charge in [-0.25, -0.2) is 0 Å². The van der Waals surface area contributed by atoms with E-state index in [2.05, 4.69) is 12.4 Å². The maximum Gasteiger partial charge on any atom is 0.176 e. The van der Waals surface area contributed by atoms with Crippen LogP contribution in [0.15, 0.2) is 0 Å². The Morgan fingerprint density at radius 1 is 1.36 bits per heavy atom. The summed E-state index contributed by atoms with van der Waals surface area (Å²) in [6.45, 7) is 7.35. The summed E-state index contributed by atoms with van der Waals surface area (Å²) < 4.78 is 5.11. The van der Waals surface area contributed by atoms with E-state index in [1.165, 1.54) is 0 Å². The van der Waals surface area contributed by atoms with Crippen LogP contribution in [-0.2, 0) is 9.57 Å². The van der Waals surface area contributed by atoms with E-state index in [1.807, 2.05) is 13.8 Å². The van der Waals surface area contributed by atoms with Crippen LogP contribution in [0.3, 0.4) is 0 Å². The van der Waals surface area contributed by atoms with E-state index in [1.54, 1.807) is 0 Å². The van der Waals surface area contributed by atoms with Gasteiger partial charge in [0.2, 0.25) is 0 Å². The molecule has 0 amide bonds. The van der Waals surface area contributed by atoms with Crippen LogP contribution in [0.5, 0.6) is 0 Å². The molecule has 0 aliphatic heterocycles. The molecule has 0 N–H and O–H groups in total. The maximum absolute atomic E-state index is 5.11. The zero-order valence-corrected chi connectivity index (χ0v) is 7.67. The third-order valence-corrected chi connectivity index (χ3v) is 1.23. The lowest BCUT2D eigenvalue weighted by Crippen LogP contribution is -2.19. The average Bonchev–Trinajstić information content (AvgIpc) is 1.99. The van der Waals surface area contributed by atoms with Crippen molar-refractivity contribution in [2.45, 2.75) is 39.9 Å². The monoisotopic (exact) mass is 160 g/mol. The largest absolute Gasteiger partial charge is 0.351 e. The van der Waals surface area contributed by atoms with Crippen molar-refractivity contribution in [3.63, 3.8) is 0 Å². The molecule has 0 bridgehead atoms. The molecule has 3 heteroatoms. The van der Waals surface area contributed by atoms with Gasteiger partial charge in [-0.05, 0) is 20.3 Å². The van der Waals surface area contributed by atoms with Gasteiger partial charge in [0.15, 0.2) is 6.29 Å². The second kappa shape index (κ2) is 7.98. The summed E-state index contributed by atoms with van der Waals surface area (Å²) in [6.07, 6.45) is 2.03. The molecule has 0 rings (SSSR count). The van der Waals surface area contributed by atoms with E-state index in [9.17, 15) is 0 Å². The summed E-state index contributed by atoms with van der Waals surface area (Å²) in [6, 6.07) is 0. The maximum atomic E-state index is 5.11. The summed E-state index contributed by atoms with van der Waals surface area (Å²) in [5, 5.41) is 0. The lowest BCUT2D eigenvalue weighted by atomic mass is 10.3. The molecule has 0 aromatic carbocycles. The quantitative estimate of drug-likeness (QED) is 0.322. The highest BCUT2D eigenvalue weighted by molar-refractivity contribution is 4.34. The molecule has 11 heavy (non-hydrogen) atoms. The lowest BCUT2D eigenvalue weighted by Gasteiger charge is -2.10. The van der Waals surface area contributed by atoms with Crippen molar-refractivity contribution in [1.82, 2.24) is 5.48 Å². The van der Waals surface area contributed by atoms with Crippen LogP contribution in [-0.4, -0.2) is 19.4 Å². The fourth-order valence-corrected chi connectivity index (χ4v) is 0.645. The molecule has 0 saturated heterocycles. The van der Waals surface area contributed by atoms with Gasteiger partial charge in [-0.1, -0.05) is 18.8 Å². The van der Waals surface area contributed by atoms with Crippen LogP contribution in [0.2, 0.25) is 0 Å². The highest BCUT2D eigenvalue weighted by Crippen LogP contribution is 1.91. The second-order valence-electron chi connectivity index (χ2n) is 2.33. The topological polar surface area (TPSA) is 32.6 Å². The fraction of sp³-hybridized carbons (Fsp3) is 1.00. The Balaban J connectivity index is 2.97. The number of hydrogen-bond acceptors (Lipinski definition) is 2. The minimum absolute atomic E-state index is 0.197. The number of hydrogen-bond donors (Lipinski definition) is 0. The van der Waals surface area contributed by atoms with Gasteiger partial charge in [0.25, 0.3) is 0 Å². The van der Waals surface area contributed by atoms with E-state index in [4.69, 9.17) is 9.57 Å². The zero-order valence-electron chi connectivity index (χ0n) is 7.67. The van der Waals surface area contributed by atoms with Crippen molar-refractivity contribution in [2.75, 3.05) is 13.2 Å². The van der Waals surface area contributed by atoms with Crippen LogP contribution in [0.1, 0.15) is 33.6 Å². The van der Waals surface area contributed by atoms with Crippen molar-refractivity contribution >= 4 is 0 Å². The van der Waals surface area contributed by atoms with Gasteiger partial charge in [0.05, 0.1) is 0 Å². The molecule has 0 spiro atoms. The van der Waals surface area contributed by atoms with E-state index in [-0.39, 0.29) is 6.29 Å². The van der Waals surface area contributed by atoms with Crippen LogP contribution in [0.25, 0.3) is 0 Å². The molecule has 1 unspecified atom stereocenters. The first kappa shape index (κ1) is 10.9. The Bertz CT molecular complexity index is 78.5. The van der Waals surface area contributed by atoms with Crippen LogP contribution in [0, 0.1) is 0 Å². The molecule has 0 aliphatic rings. The molecule has 0 aromatic rings. The highest BCUT2D eigenvalue weighted by atomic mass is 16.8. The molecular weight excluding hydrogens is 142 g/mol. The molecule has 67 valence electrons. The third-order valence-electron chi connectivity index (χ3n) is 1.23. The summed E-state index contributed by atoms with van der Waals surface area (Å²) in [5.41, 5.74) is 3.85. The number of nitrogens with zero attached hydrogens (tertiary/aromatic N) is 1. The van der Waals surface area contributed by atoms with Gasteiger partial charge in [0, 0.05) is 13.2 Å². The molecule has 0 saturated carbocycles. The van der Waals surface area contributed by atoms with Gasteiger partial charge >= 0.3 is 0 Å². The van der Waals surface area contributed by atoms with E-state index in [0.717, 1.165) is 19.4 Å². The minimum atomic E-state index is -0.197. The highest BCUT2D eigenvalue weighted by Gasteiger charge is 1.99. The number of ether oxygens (including phenoxy) is 1. The van der Waals surface area contributed by atoms with Crippen molar-refractivity contribution < 1.29 is 9.57 Å². The number of rotatable bonds is 7. The zero-order chi connectivity index (χ0) is 8.53. The Morgan fingerprint density at radius 3 is 2.64 bits per heavy atom. The summed E-state index contributed by atoms with van der Waals surface area (Å²) >= 11 is 0. The SMILES string of the molecule is CCCC[N]OC(C)OCC. The van der Waals surface area contributed by atoms with E-state index < -0.39 is 0 Å². The predicted octanol–water partition coefficient (Wildman–Crippen LogP) is 1.70. The Labute approximate surface area is 69.0 Å². The van der Waals surface area contributed by atoms with E-state index >= 15 is 0 Å². The van der Waals surface area contributed by atoms with Crippen LogP contribution >= 0.6 is 0 Å². The predicted molar refractivity (Wildman–Crippen MR) is 44.1 cm³/mol. The standard InChI is InChI=1S/C8H18NO2/c1-4-6-7-9-11-8(3)10-5-2/h8H,4-7H2,1-3H3. The average molecular weight is 160 g/mol. The first-order chi connectivity index (χ1) is 5.31. The van der Waals surface area contributed by atoms with Crippen LogP contribution in [0.4, 0.5) is 0 Å². The Kier molecular flexibility index (Phi) is 7.89. The van der Waals surface area contributed by atoms with E-state index in [0.29, 0.717) is 6.61 Å². The summed E-state index contributed by atoms with van der Waals surface area (Å²) in [5.74, 6) is 0. The molecule has 1 radical (unpaired) electrons. The number of hydroxylamine groups is 1. The lowest BCUT2D eigenvalue weighted by molar-refractivity contribution is -0.170. The van der Waals surface area contributed by atoms with Crippen molar-refractivity contribution in [3.05, 3.63) is 0 Å². The van der Waals surface area contributed by atoms with Crippen molar-refractivity contribution in [1.29, 1.82) is 0 Å². The summed E-state index contributed by atoms with van der Waals surface area (Å²) in [7, 11) is 0. The van der Waals surface area contributed by atoms with Gasteiger partial charge < -0.3 is 4.74 Å². The van der Waals surface area contributed by atoms with Crippen LogP contribution < -0.4 is 5.48 Å². The second-order valence-corrected chi connectivity index (χ2v) is 2.33. The van der Waals surface area contributed by atoms with Crippen molar-refractivity contribution in [2.24, 2.45) is 0 Å². The van der Waals surface area contributed by atoms with Gasteiger partial charge in [-0.15, -0.1) is 0 Å². The molecule has 3 nitrogen and oxygen atoms in total. The first-order valence-electron chi connectivity index (χ1n) is 4.25.